The van der Waals surface area contributed by atoms with Crippen LogP contribution in [0.15, 0.2) is 47.5 Å². The number of aromatic nitrogens is 1. The third-order valence-corrected chi connectivity index (χ3v) is 3.50. The van der Waals surface area contributed by atoms with Gasteiger partial charge in [-0.2, -0.15) is 0 Å². The van der Waals surface area contributed by atoms with E-state index >= 15 is 0 Å². The van der Waals surface area contributed by atoms with Crippen LogP contribution in [0.2, 0.25) is 0 Å². The number of benzene rings is 1. The van der Waals surface area contributed by atoms with E-state index in [0.717, 1.165) is 5.56 Å². The van der Waals surface area contributed by atoms with Gasteiger partial charge >= 0.3 is 0 Å². The third-order valence-electron chi connectivity index (χ3n) is 3.50. The van der Waals surface area contributed by atoms with Crippen molar-refractivity contribution in [2.24, 2.45) is 5.73 Å². The summed E-state index contributed by atoms with van der Waals surface area (Å²) in [6.45, 7) is 4.66. The number of hydrogen-bond acceptors (Lipinski definition) is 3. The van der Waals surface area contributed by atoms with Crippen LogP contribution in [-0.4, -0.2) is 17.4 Å². The molecule has 0 atom stereocenters. The molecule has 1 aromatic carbocycles. The fraction of sp³-hybridized carbons (Fsp3) is 0.250. The highest BCUT2D eigenvalue weighted by atomic mass is 16.2. The Balaban J connectivity index is 2.16. The zero-order valence-corrected chi connectivity index (χ0v) is 12.1. The van der Waals surface area contributed by atoms with E-state index in [9.17, 15) is 9.59 Å². The fourth-order valence-corrected chi connectivity index (χ4v) is 1.91. The molecule has 0 aliphatic rings. The van der Waals surface area contributed by atoms with Crippen molar-refractivity contribution < 1.29 is 4.79 Å². The second-order valence-corrected chi connectivity index (χ2v) is 5.54. The van der Waals surface area contributed by atoms with Crippen LogP contribution in [0.4, 0.5) is 5.69 Å². The number of rotatable bonds is 4. The molecule has 5 nitrogen and oxygen atoms in total. The first-order chi connectivity index (χ1) is 9.94. The van der Waals surface area contributed by atoms with E-state index < -0.39 is 5.91 Å². The van der Waals surface area contributed by atoms with Gasteiger partial charge in [0.15, 0.2) is 5.43 Å². The minimum absolute atomic E-state index is 0.0869. The molecule has 0 saturated carbocycles. The molecular formula is C16H19N3O2. The standard InChI is InChI=1S/C16H19N3O2/c1-16(2,10-17)11-3-5-12(6-4-11)19-15(21)13-9-18-8-7-14(13)20/h3-9H,10,17H2,1-2H3,(H,18,20)(H,19,21). The molecule has 1 aromatic heterocycles. The zero-order valence-electron chi connectivity index (χ0n) is 12.1. The zero-order chi connectivity index (χ0) is 15.5. The van der Waals surface area contributed by atoms with Crippen LogP contribution in [0.3, 0.4) is 0 Å². The summed E-state index contributed by atoms with van der Waals surface area (Å²) in [6.07, 6.45) is 2.88. The van der Waals surface area contributed by atoms with E-state index in [1.165, 1.54) is 18.5 Å². The third kappa shape index (κ3) is 3.38. The number of pyridine rings is 1. The summed E-state index contributed by atoms with van der Waals surface area (Å²) in [5.74, 6) is -0.428. The van der Waals surface area contributed by atoms with Crippen molar-refractivity contribution in [3.8, 4) is 0 Å². The van der Waals surface area contributed by atoms with Crippen LogP contribution < -0.4 is 16.5 Å². The predicted molar refractivity (Wildman–Crippen MR) is 83.5 cm³/mol. The van der Waals surface area contributed by atoms with Gasteiger partial charge in [0, 0.05) is 36.1 Å². The van der Waals surface area contributed by atoms with Crippen molar-refractivity contribution in [1.29, 1.82) is 0 Å². The van der Waals surface area contributed by atoms with Crippen molar-refractivity contribution in [3.05, 3.63) is 64.1 Å². The van der Waals surface area contributed by atoms with Crippen molar-refractivity contribution >= 4 is 11.6 Å². The van der Waals surface area contributed by atoms with E-state index in [-0.39, 0.29) is 16.4 Å². The molecule has 0 saturated heterocycles. The van der Waals surface area contributed by atoms with Gasteiger partial charge in [-0.15, -0.1) is 0 Å². The Bertz CT molecular complexity index is 687. The summed E-state index contributed by atoms with van der Waals surface area (Å²) < 4.78 is 0. The Hall–Kier alpha value is -2.40. The number of carbonyl (C=O) groups excluding carboxylic acids is 1. The maximum atomic E-state index is 12.0. The van der Waals surface area contributed by atoms with E-state index in [4.69, 9.17) is 5.73 Å². The number of hydrogen-bond donors (Lipinski definition) is 3. The summed E-state index contributed by atoms with van der Waals surface area (Å²) in [5, 5.41) is 2.71. The Labute approximate surface area is 123 Å². The summed E-state index contributed by atoms with van der Waals surface area (Å²) in [5.41, 5.74) is 7.14. The molecule has 0 spiro atoms. The van der Waals surface area contributed by atoms with E-state index in [2.05, 4.69) is 24.1 Å². The number of nitrogens with one attached hydrogen (secondary N) is 2. The minimum atomic E-state index is -0.428. The highest BCUT2D eigenvalue weighted by Crippen LogP contribution is 2.23. The van der Waals surface area contributed by atoms with Gasteiger partial charge < -0.3 is 16.0 Å². The summed E-state index contributed by atoms with van der Waals surface area (Å²) in [6, 6.07) is 8.79. The quantitative estimate of drug-likeness (QED) is 0.801. The minimum Gasteiger partial charge on any atom is -0.367 e. The van der Waals surface area contributed by atoms with E-state index in [1.54, 1.807) is 0 Å². The van der Waals surface area contributed by atoms with Gasteiger partial charge in [-0.1, -0.05) is 26.0 Å². The first-order valence-corrected chi connectivity index (χ1v) is 6.73. The molecule has 0 unspecified atom stereocenters. The molecule has 2 rings (SSSR count). The summed E-state index contributed by atoms with van der Waals surface area (Å²) >= 11 is 0. The number of H-pyrrole nitrogens is 1. The molecule has 1 amide bonds. The predicted octanol–water partition coefficient (Wildman–Crippen LogP) is 1.86. The number of aromatic amines is 1. The number of anilines is 1. The lowest BCUT2D eigenvalue weighted by atomic mass is 9.85. The van der Waals surface area contributed by atoms with Crippen LogP contribution in [0.25, 0.3) is 0 Å². The van der Waals surface area contributed by atoms with Crippen molar-refractivity contribution in [2.45, 2.75) is 19.3 Å². The lowest BCUT2D eigenvalue weighted by Gasteiger charge is -2.23. The molecular weight excluding hydrogens is 266 g/mol. The molecule has 0 fully saturated rings. The smallest absolute Gasteiger partial charge is 0.261 e. The van der Waals surface area contributed by atoms with Crippen molar-refractivity contribution in [1.82, 2.24) is 4.98 Å². The van der Waals surface area contributed by atoms with Crippen LogP contribution in [-0.2, 0) is 5.41 Å². The molecule has 4 N–H and O–H groups in total. The van der Waals surface area contributed by atoms with Gasteiger partial charge in [0.2, 0.25) is 0 Å². The maximum absolute atomic E-state index is 12.0. The molecule has 5 heteroatoms. The Morgan fingerprint density at radius 2 is 1.90 bits per heavy atom. The first kappa shape index (κ1) is 15.0. The topological polar surface area (TPSA) is 88.0 Å². The van der Waals surface area contributed by atoms with E-state index in [0.29, 0.717) is 12.2 Å². The number of nitrogens with two attached hydrogens (primary N) is 1. The molecule has 21 heavy (non-hydrogen) atoms. The van der Waals surface area contributed by atoms with Gasteiger partial charge in [-0.3, -0.25) is 9.59 Å². The maximum Gasteiger partial charge on any atom is 0.261 e. The second-order valence-electron chi connectivity index (χ2n) is 5.54. The summed E-state index contributed by atoms with van der Waals surface area (Å²) in [4.78, 5) is 26.3. The number of carbonyl (C=O) groups is 1. The first-order valence-electron chi connectivity index (χ1n) is 6.73. The molecule has 0 bridgehead atoms. The van der Waals surface area contributed by atoms with Crippen LogP contribution in [0, 0.1) is 0 Å². The normalized spacial score (nSPS) is 11.2. The Morgan fingerprint density at radius 1 is 1.24 bits per heavy atom. The van der Waals surface area contributed by atoms with Gasteiger partial charge in [0.25, 0.3) is 5.91 Å². The van der Waals surface area contributed by atoms with Crippen molar-refractivity contribution in [3.63, 3.8) is 0 Å². The number of amides is 1. The van der Waals surface area contributed by atoms with Crippen LogP contribution >= 0.6 is 0 Å². The highest BCUT2D eigenvalue weighted by molar-refractivity contribution is 6.03. The van der Waals surface area contributed by atoms with Gasteiger partial charge in [0.1, 0.15) is 5.56 Å². The SMILES string of the molecule is CC(C)(CN)c1ccc(NC(=O)c2c[nH]ccc2=O)cc1. The monoisotopic (exact) mass is 285 g/mol. The van der Waals surface area contributed by atoms with Crippen LogP contribution in [0.5, 0.6) is 0 Å². The average Bonchev–Trinajstić information content (AvgIpc) is 2.48. The molecule has 0 aliphatic heterocycles. The van der Waals surface area contributed by atoms with Gasteiger partial charge in [0.05, 0.1) is 0 Å². The van der Waals surface area contributed by atoms with Crippen LogP contribution in [0.1, 0.15) is 29.8 Å². The molecule has 1 heterocycles. The molecule has 0 radical (unpaired) electrons. The lowest BCUT2D eigenvalue weighted by Crippen LogP contribution is -2.28. The Kier molecular flexibility index (Phi) is 4.23. The van der Waals surface area contributed by atoms with Gasteiger partial charge in [-0.25, -0.2) is 0 Å². The Morgan fingerprint density at radius 3 is 2.48 bits per heavy atom. The molecule has 0 aliphatic carbocycles. The fourth-order valence-electron chi connectivity index (χ4n) is 1.91. The summed E-state index contributed by atoms with van der Waals surface area (Å²) in [7, 11) is 0. The van der Waals surface area contributed by atoms with Gasteiger partial charge in [-0.05, 0) is 17.7 Å². The highest BCUT2D eigenvalue weighted by Gasteiger charge is 2.18. The molecule has 110 valence electrons. The van der Waals surface area contributed by atoms with Crippen molar-refractivity contribution in [2.75, 3.05) is 11.9 Å². The average molecular weight is 285 g/mol. The largest absolute Gasteiger partial charge is 0.367 e. The van der Waals surface area contributed by atoms with E-state index in [1.807, 2.05) is 24.3 Å². The molecule has 2 aromatic rings. The lowest BCUT2D eigenvalue weighted by molar-refractivity contribution is 0.102. The second kappa shape index (κ2) is 5.93.